The topological polar surface area (TPSA) is 49.4 Å². The highest BCUT2D eigenvalue weighted by Crippen LogP contribution is 2.65. The number of fused-ring (bicyclic) bond motifs is 1. The molecule has 1 aliphatic heterocycles. The van der Waals surface area contributed by atoms with E-state index in [2.05, 4.69) is 23.3 Å². The molecule has 186 valence electrons. The van der Waals surface area contributed by atoms with E-state index in [9.17, 15) is 9.59 Å². The fourth-order valence-corrected chi connectivity index (χ4v) is 6.46. The number of carbonyl (C=O) groups is 2. The molecule has 2 unspecified atom stereocenters. The lowest BCUT2D eigenvalue weighted by atomic mass is 10.00. The molecule has 1 aliphatic carbocycles. The van der Waals surface area contributed by atoms with Gasteiger partial charge >= 0.3 is 0 Å². The Balaban J connectivity index is 1.31. The first-order valence-corrected chi connectivity index (χ1v) is 13.2. The van der Waals surface area contributed by atoms with Crippen molar-refractivity contribution in [3.63, 3.8) is 0 Å². The molecule has 3 aromatic carbocycles. The zero-order chi connectivity index (χ0) is 25.8. The van der Waals surface area contributed by atoms with Gasteiger partial charge in [-0.2, -0.15) is 0 Å². The number of anilines is 2. The first-order chi connectivity index (χ1) is 17.0. The smallest absolute Gasteiger partial charge is 0.231 e. The van der Waals surface area contributed by atoms with E-state index in [-0.39, 0.29) is 18.1 Å². The van der Waals surface area contributed by atoms with Gasteiger partial charge in [-0.25, -0.2) is 0 Å². The summed E-state index contributed by atoms with van der Waals surface area (Å²) >= 11 is 31.5. The maximum absolute atomic E-state index is 13.1. The Bertz CT molecular complexity index is 1370. The highest BCUT2D eigenvalue weighted by molar-refractivity contribution is 6.53. The van der Waals surface area contributed by atoms with E-state index in [1.54, 1.807) is 36.4 Å². The number of Topliss-reactive ketones (excluding diaryl/α,β-unsaturated/α-hetero) is 1. The average molecular weight is 583 g/mol. The minimum Gasteiger partial charge on any atom is -0.374 e. The summed E-state index contributed by atoms with van der Waals surface area (Å²) < 4.78 is -1.30. The zero-order valence-corrected chi connectivity index (χ0v) is 22.9. The van der Waals surface area contributed by atoms with E-state index >= 15 is 0 Å². The molecular weight excluding hydrogens is 562 g/mol. The predicted molar refractivity (Wildman–Crippen MR) is 149 cm³/mol. The molecular formula is C27H21Cl5N2O2. The van der Waals surface area contributed by atoms with Crippen LogP contribution in [0.3, 0.4) is 0 Å². The minimum atomic E-state index is -1.30. The van der Waals surface area contributed by atoms with Gasteiger partial charge in [0.25, 0.3) is 0 Å². The number of carbonyl (C=O) groups excluding carboxylic acids is 2. The third-order valence-corrected chi connectivity index (χ3v) is 8.46. The molecule has 5 rings (SSSR count). The van der Waals surface area contributed by atoms with E-state index in [1.165, 1.54) is 11.3 Å². The second kappa shape index (κ2) is 9.74. The molecule has 3 aromatic rings. The van der Waals surface area contributed by atoms with E-state index in [0.29, 0.717) is 31.9 Å². The lowest BCUT2D eigenvalue weighted by molar-refractivity contribution is -0.117. The van der Waals surface area contributed by atoms with Crippen molar-refractivity contribution in [2.45, 2.75) is 23.1 Å². The van der Waals surface area contributed by atoms with Crippen LogP contribution in [0, 0.1) is 5.92 Å². The van der Waals surface area contributed by atoms with Crippen LogP contribution in [0.4, 0.5) is 11.4 Å². The number of benzene rings is 3. The van der Waals surface area contributed by atoms with E-state index in [0.717, 1.165) is 18.5 Å². The number of ketones is 1. The Labute approximate surface area is 234 Å². The number of likely N-dealkylation sites (N-methyl/N-ethyl adjacent to an activating group) is 1. The fraction of sp³-hybridized carbons (Fsp3) is 0.259. The standard InChI is InChI=1S/C27H21Cl5N2O2/c1-34-7-6-15-8-14(2-5-22(15)34)9-23(35)20-13-19(3-4-21(20)30)33-26(36)25-24(27(25,31)32)16-10-17(28)12-18(29)11-16/h2-5,8,10-13,24-25H,6-7,9H2,1H3,(H,33,36). The number of halogens is 5. The highest BCUT2D eigenvalue weighted by atomic mass is 35.5. The van der Waals surface area contributed by atoms with Crippen LogP contribution in [0.5, 0.6) is 0 Å². The first kappa shape index (κ1) is 25.7. The summed E-state index contributed by atoms with van der Waals surface area (Å²) in [6.07, 6.45) is 1.17. The zero-order valence-electron chi connectivity index (χ0n) is 19.1. The lowest BCUT2D eigenvalue weighted by Gasteiger charge is -2.12. The largest absolute Gasteiger partial charge is 0.374 e. The monoisotopic (exact) mass is 580 g/mol. The number of hydrogen-bond donors (Lipinski definition) is 1. The van der Waals surface area contributed by atoms with E-state index in [4.69, 9.17) is 58.0 Å². The molecule has 36 heavy (non-hydrogen) atoms. The summed E-state index contributed by atoms with van der Waals surface area (Å²) in [6.45, 7) is 0.971. The van der Waals surface area contributed by atoms with E-state index < -0.39 is 16.2 Å². The van der Waals surface area contributed by atoms with Gasteiger partial charge in [0.1, 0.15) is 4.33 Å². The van der Waals surface area contributed by atoms with Crippen LogP contribution >= 0.6 is 58.0 Å². The fourth-order valence-electron chi connectivity index (χ4n) is 4.87. The second-order valence-corrected chi connectivity index (χ2v) is 12.0. The van der Waals surface area contributed by atoms with Crippen LogP contribution < -0.4 is 10.2 Å². The number of amides is 1. The van der Waals surface area contributed by atoms with Crippen molar-refractivity contribution in [2.75, 3.05) is 23.8 Å². The highest BCUT2D eigenvalue weighted by Gasteiger charge is 2.67. The summed E-state index contributed by atoms with van der Waals surface area (Å²) in [5, 5.41) is 4.01. The molecule has 1 amide bonds. The van der Waals surface area contributed by atoms with E-state index in [1.807, 2.05) is 12.1 Å². The Morgan fingerprint density at radius 3 is 2.44 bits per heavy atom. The van der Waals surface area contributed by atoms with Crippen molar-refractivity contribution in [2.24, 2.45) is 5.92 Å². The summed E-state index contributed by atoms with van der Waals surface area (Å²) in [4.78, 5) is 28.4. The number of alkyl halides is 2. The summed E-state index contributed by atoms with van der Waals surface area (Å²) in [6, 6.07) is 15.9. The molecule has 0 radical (unpaired) electrons. The van der Waals surface area contributed by atoms with Gasteiger partial charge in [0.05, 0.1) is 10.9 Å². The Morgan fingerprint density at radius 1 is 1.00 bits per heavy atom. The molecule has 0 spiro atoms. The second-order valence-electron chi connectivity index (χ2n) is 9.25. The molecule has 2 atom stereocenters. The Hall–Kier alpha value is -1.95. The van der Waals surface area contributed by atoms with Crippen LogP contribution in [0.1, 0.15) is 33.0 Å². The normalized spacial score (nSPS) is 19.7. The van der Waals surface area contributed by atoms with Gasteiger partial charge in [0, 0.05) is 52.9 Å². The van der Waals surface area contributed by atoms with Crippen molar-refractivity contribution in [3.8, 4) is 0 Å². The van der Waals surface area contributed by atoms with Gasteiger partial charge in [-0.3, -0.25) is 9.59 Å². The van der Waals surface area contributed by atoms with Crippen molar-refractivity contribution in [1.82, 2.24) is 0 Å². The van der Waals surface area contributed by atoms with Crippen LogP contribution in [0.2, 0.25) is 15.1 Å². The summed E-state index contributed by atoms with van der Waals surface area (Å²) in [5.74, 6) is -1.69. The average Bonchev–Trinajstić information content (AvgIpc) is 3.21. The van der Waals surface area contributed by atoms with Crippen LogP contribution in [0.15, 0.2) is 54.6 Å². The number of hydrogen-bond acceptors (Lipinski definition) is 3. The Morgan fingerprint density at radius 2 is 1.72 bits per heavy atom. The van der Waals surface area contributed by atoms with Crippen molar-refractivity contribution >= 4 is 81.1 Å². The van der Waals surface area contributed by atoms with Crippen LogP contribution in [0.25, 0.3) is 0 Å². The van der Waals surface area contributed by atoms with Crippen molar-refractivity contribution in [3.05, 3.63) is 91.9 Å². The molecule has 4 nitrogen and oxygen atoms in total. The van der Waals surface area contributed by atoms with Gasteiger partial charge in [0.15, 0.2) is 5.78 Å². The maximum atomic E-state index is 13.1. The molecule has 0 bridgehead atoms. The van der Waals surface area contributed by atoms with Crippen molar-refractivity contribution < 1.29 is 9.59 Å². The van der Waals surface area contributed by atoms with Gasteiger partial charge in [0.2, 0.25) is 5.91 Å². The van der Waals surface area contributed by atoms with Crippen LogP contribution in [-0.2, 0) is 17.6 Å². The first-order valence-electron chi connectivity index (χ1n) is 11.3. The van der Waals surface area contributed by atoms with Gasteiger partial charge in [-0.05, 0) is 65.6 Å². The van der Waals surface area contributed by atoms with Gasteiger partial charge in [-0.1, -0.05) is 46.9 Å². The predicted octanol–water partition coefficient (Wildman–Crippen LogP) is 7.59. The maximum Gasteiger partial charge on any atom is 0.231 e. The lowest BCUT2D eigenvalue weighted by Crippen LogP contribution is -2.17. The third kappa shape index (κ3) is 4.94. The molecule has 1 saturated carbocycles. The summed E-state index contributed by atoms with van der Waals surface area (Å²) in [5.41, 5.74) is 4.81. The summed E-state index contributed by atoms with van der Waals surface area (Å²) in [7, 11) is 2.06. The third-order valence-electron chi connectivity index (χ3n) is 6.75. The van der Waals surface area contributed by atoms with Crippen LogP contribution in [-0.4, -0.2) is 29.6 Å². The molecule has 0 aromatic heterocycles. The molecule has 1 heterocycles. The number of rotatable bonds is 6. The van der Waals surface area contributed by atoms with Crippen molar-refractivity contribution in [1.29, 1.82) is 0 Å². The molecule has 0 saturated heterocycles. The number of nitrogens with zero attached hydrogens (tertiary/aromatic N) is 1. The SMILES string of the molecule is CN1CCc2cc(CC(=O)c3cc(NC(=O)C4C(c5cc(Cl)cc(Cl)c5)C4(Cl)Cl)ccc3Cl)ccc21. The minimum absolute atomic E-state index is 0.135. The van der Waals surface area contributed by atoms with Gasteiger partial charge in [-0.15, -0.1) is 23.2 Å². The Kier molecular flexibility index (Phi) is 6.95. The van der Waals surface area contributed by atoms with Gasteiger partial charge < -0.3 is 10.2 Å². The molecule has 2 aliphatic rings. The quantitative estimate of drug-likeness (QED) is 0.241. The number of nitrogens with one attached hydrogen (secondary N) is 1. The molecule has 1 N–H and O–H groups in total. The molecule has 9 heteroatoms. The molecule has 1 fully saturated rings.